The Morgan fingerprint density at radius 2 is 0.686 bits per heavy atom. The second-order valence-corrected chi connectivity index (χ2v) is 18.0. The van der Waals surface area contributed by atoms with Crippen LogP contribution >= 0.6 is 0 Å². The minimum atomic E-state index is -1.72. The smallest absolute Gasteiger partial charge is 0.164 e. The lowest BCUT2D eigenvalue weighted by Gasteiger charge is -2.19. The van der Waals surface area contributed by atoms with Crippen LogP contribution in [0.1, 0.15) is 0 Å². The highest BCUT2D eigenvalue weighted by atomic mass is 28.3. The van der Waals surface area contributed by atoms with Gasteiger partial charge in [-0.3, -0.25) is 0 Å². The van der Waals surface area contributed by atoms with Gasteiger partial charge in [0.2, 0.25) is 0 Å². The summed E-state index contributed by atoms with van der Waals surface area (Å²) in [4.78, 5) is 14.9. The molecule has 0 saturated carbocycles. The third-order valence-electron chi connectivity index (χ3n) is 10.2. The average molecular weight is 670 g/mol. The van der Waals surface area contributed by atoms with Crippen LogP contribution < -0.4 is 10.4 Å². The Morgan fingerprint density at radius 1 is 0.294 bits per heavy atom. The summed E-state index contributed by atoms with van der Waals surface area (Å²) in [5, 5.41) is 3.07. The van der Waals surface area contributed by atoms with Gasteiger partial charge in [-0.1, -0.05) is 183 Å². The Labute approximate surface area is 300 Å². The van der Waals surface area contributed by atoms with Gasteiger partial charge in [0.15, 0.2) is 17.5 Å². The number of hydrogen-bond acceptors (Lipinski definition) is 3. The molecule has 0 atom stereocenters. The van der Waals surface area contributed by atoms with Crippen LogP contribution in [0.3, 0.4) is 0 Å². The Balaban J connectivity index is 1.02. The van der Waals surface area contributed by atoms with Crippen LogP contribution in [-0.4, -0.2) is 23.0 Å². The van der Waals surface area contributed by atoms with E-state index in [9.17, 15) is 0 Å². The van der Waals surface area contributed by atoms with E-state index in [4.69, 9.17) is 15.0 Å². The molecule has 9 rings (SSSR count). The monoisotopic (exact) mass is 669 g/mol. The zero-order valence-electron chi connectivity index (χ0n) is 28.6. The van der Waals surface area contributed by atoms with Gasteiger partial charge in [-0.2, -0.15) is 0 Å². The predicted octanol–water partition coefficient (Wildman–Crippen LogP) is 10.7. The van der Waals surface area contributed by atoms with E-state index in [1.807, 2.05) is 36.4 Å². The zero-order valence-corrected chi connectivity index (χ0v) is 29.6. The summed E-state index contributed by atoms with van der Waals surface area (Å²) < 4.78 is 0. The van der Waals surface area contributed by atoms with E-state index < -0.39 is 8.07 Å². The number of hydrogen-bond donors (Lipinski definition) is 0. The standard InChI is InChI=1S/C47H35N3Si/c1-51(2)43-19-10-9-18-41(43)42-29-28-39(31-44(42)51)35-22-20-33(21-23-35)34-24-26-37(27-25-34)46-48-45(36-14-7-4-8-15-36)49-47(50-46)40-17-11-16-38(30-40)32-12-5-3-6-13-32/h3-31H,1-2H3. The van der Waals surface area contributed by atoms with E-state index in [2.05, 4.69) is 153 Å². The predicted molar refractivity (Wildman–Crippen MR) is 215 cm³/mol. The normalized spacial score (nSPS) is 12.7. The van der Waals surface area contributed by atoms with Crippen LogP contribution in [0.25, 0.3) is 78.7 Å². The third-order valence-corrected chi connectivity index (χ3v) is 13.7. The molecule has 0 amide bonds. The maximum absolute atomic E-state index is 5.01. The Kier molecular flexibility index (Phi) is 7.60. The maximum Gasteiger partial charge on any atom is 0.164 e. The molecule has 7 aromatic carbocycles. The molecule has 1 aromatic heterocycles. The van der Waals surface area contributed by atoms with Crippen LogP contribution in [0.5, 0.6) is 0 Å². The number of rotatable bonds is 6. The van der Waals surface area contributed by atoms with Crippen molar-refractivity contribution >= 4 is 18.4 Å². The van der Waals surface area contributed by atoms with Crippen molar-refractivity contribution in [2.24, 2.45) is 0 Å². The summed E-state index contributed by atoms with van der Waals surface area (Å²) in [6.45, 7) is 4.94. The highest BCUT2D eigenvalue weighted by Crippen LogP contribution is 2.33. The molecule has 0 N–H and O–H groups in total. The summed E-state index contributed by atoms with van der Waals surface area (Å²) in [6.07, 6.45) is 0. The summed E-state index contributed by atoms with van der Waals surface area (Å²) in [7, 11) is -1.72. The van der Waals surface area contributed by atoms with Gasteiger partial charge in [0.1, 0.15) is 8.07 Å². The number of nitrogens with zero attached hydrogens (tertiary/aromatic N) is 3. The van der Waals surface area contributed by atoms with Crippen LogP contribution in [0.15, 0.2) is 176 Å². The molecule has 2 heterocycles. The van der Waals surface area contributed by atoms with Gasteiger partial charge < -0.3 is 0 Å². The fourth-order valence-corrected chi connectivity index (χ4v) is 10.5. The van der Waals surface area contributed by atoms with Crippen LogP contribution in [0, 0.1) is 0 Å². The van der Waals surface area contributed by atoms with Crippen molar-refractivity contribution < 1.29 is 0 Å². The maximum atomic E-state index is 5.01. The third kappa shape index (κ3) is 5.70. The van der Waals surface area contributed by atoms with Gasteiger partial charge in [0.25, 0.3) is 0 Å². The van der Waals surface area contributed by atoms with Gasteiger partial charge in [-0.25, -0.2) is 15.0 Å². The first-order valence-electron chi connectivity index (χ1n) is 17.4. The second-order valence-electron chi connectivity index (χ2n) is 13.7. The molecule has 8 aromatic rings. The van der Waals surface area contributed by atoms with Crippen LogP contribution in [0.4, 0.5) is 0 Å². The molecule has 1 aliphatic rings. The zero-order chi connectivity index (χ0) is 34.4. The molecule has 0 fully saturated rings. The molecule has 51 heavy (non-hydrogen) atoms. The molecule has 3 nitrogen and oxygen atoms in total. The molecule has 0 unspecified atom stereocenters. The Bertz CT molecular complexity index is 2520. The Morgan fingerprint density at radius 3 is 1.33 bits per heavy atom. The second kappa shape index (κ2) is 12.6. The van der Waals surface area contributed by atoms with Crippen molar-refractivity contribution in [3.63, 3.8) is 0 Å². The van der Waals surface area contributed by atoms with Crippen LogP contribution in [-0.2, 0) is 0 Å². The molecule has 0 radical (unpaired) electrons. The van der Waals surface area contributed by atoms with E-state index in [0.29, 0.717) is 17.5 Å². The highest BCUT2D eigenvalue weighted by Gasteiger charge is 2.37. The van der Waals surface area contributed by atoms with E-state index in [-0.39, 0.29) is 0 Å². The molecule has 0 bridgehead atoms. The lowest BCUT2D eigenvalue weighted by molar-refractivity contribution is 1.07. The van der Waals surface area contributed by atoms with Gasteiger partial charge in [-0.15, -0.1) is 0 Å². The summed E-state index contributed by atoms with van der Waals surface area (Å²) in [6, 6.07) is 62.4. The molecule has 0 aliphatic carbocycles. The lowest BCUT2D eigenvalue weighted by atomic mass is 9.97. The van der Waals surface area contributed by atoms with E-state index in [1.54, 1.807) is 0 Å². The van der Waals surface area contributed by atoms with Crippen molar-refractivity contribution in [1.82, 2.24) is 15.0 Å². The lowest BCUT2D eigenvalue weighted by Crippen LogP contribution is -2.49. The van der Waals surface area contributed by atoms with Crippen molar-refractivity contribution in [3.8, 4) is 78.7 Å². The molecule has 0 spiro atoms. The summed E-state index contributed by atoms with van der Waals surface area (Å²) >= 11 is 0. The highest BCUT2D eigenvalue weighted by molar-refractivity contribution is 7.03. The molecule has 0 saturated heterocycles. The number of benzene rings is 7. The van der Waals surface area contributed by atoms with Crippen LogP contribution in [0.2, 0.25) is 13.1 Å². The topological polar surface area (TPSA) is 38.7 Å². The van der Waals surface area contributed by atoms with E-state index in [1.165, 1.54) is 38.2 Å². The van der Waals surface area contributed by atoms with Crippen molar-refractivity contribution in [2.75, 3.05) is 0 Å². The van der Waals surface area contributed by atoms with Gasteiger partial charge >= 0.3 is 0 Å². The van der Waals surface area contributed by atoms with Crippen molar-refractivity contribution in [2.45, 2.75) is 13.1 Å². The fourth-order valence-electron chi connectivity index (χ4n) is 7.37. The fraction of sp³-hybridized carbons (Fsp3) is 0.0426. The van der Waals surface area contributed by atoms with Gasteiger partial charge in [0.05, 0.1) is 0 Å². The SMILES string of the molecule is C[Si]1(C)c2ccccc2-c2ccc(-c3ccc(-c4ccc(-c5nc(-c6ccccc6)nc(-c6cccc(-c7ccccc7)c6)n5)cc4)cc3)cc21. The minimum Gasteiger partial charge on any atom is -0.208 e. The largest absolute Gasteiger partial charge is 0.208 e. The van der Waals surface area contributed by atoms with Gasteiger partial charge in [0, 0.05) is 16.7 Å². The first kappa shape index (κ1) is 30.8. The quantitative estimate of drug-likeness (QED) is 0.165. The Hall–Kier alpha value is -6.23. The minimum absolute atomic E-state index is 0.649. The number of fused-ring (bicyclic) bond motifs is 3. The first-order chi connectivity index (χ1) is 25.0. The molecule has 242 valence electrons. The number of aromatic nitrogens is 3. The molecular formula is C47H35N3Si. The van der Waals surface area contributed by atoms with Crippen molar-refractivity contribution in [1.29, 1.82) is 0 Å². The summed E-state index contributed by atoms with van der Waals surface area (Å²) in [5.41, 5.74) is 12.8. The van der Waals surface area contributed by atoms with E-state index >= 15 is 0 Å². The van der Waals surface area contributed by atoms with E-state index in [0.717, 1.165) is 33.4 Å². The average Bonchev–Trinajstić information content (AvgIpc) is 3.44. The molecular weight excluding hydrogens is 635 g/mol. The van der Waals surface area contributed by atoms with Gasteiger partial charge in [-0.05, 0) is 60.9 Å². The first-order valence-corrected chi connectivity index (χ1v) is 20.4. The van der Waals surface area contributed by atoms with Crippen molar-refractivity contribution in [3.05, 3.63) is 176 Å². The summed E-state index contributed by atoms with van der Waals surface area (Å²) in [5.74, 6) is 1.95. The molecule has 4 heteroatoms. The molecule has 1 aliphatic heterocycles.